The lowest BCUT2D eigenvalue weighted by Crippen LogP contribution is -2.48. The maximum absolute atomic E-state index is 10.8. The van der Waals surface area contributed by atoms with Crippen molar-refractivity contribution in [2.24, 2.45) is 0 Å². The fourth-order valence-corrected chi connectivity index (χ4v) is 4.15. The van der Waals surface area contributed by atoms with Crippen molar-refractivity contribution in [1.29, 1.82) is 0 Å². The highest BCUT2D eigenvalue weighted by Gasteiger charge is 2.20. The minimum atomic E-state index is -0.646. The third kappa shape index (κ3) is 6.15. The third-order valence-corrected chi connectivity index (χ3v) is 5.63. The number of halogens is 1. The van der Waals surface area contributed by atoms with Crippen LogP contribution in [0, 0.1) is 10.1 Å². The highest BCUT2D eigenvalue weighted by molar-refractivity contribution is 7.16. The Balaban J connectivity index is 1.38. The van der Waals surface area contributed by atoms with E-state index in [2.05, 4.69) is 15.9 Å². The zero-order chi connectivity index (χ0) is 19.2. The molecule has 0 saturated carbocycles. The van der Waals surface area contributed by atoms with Crippen molar-refractivity contribution in [3.8, 4) is 5.75 Å². The first kappa shape index (κ1) is 20.0. The first-order valence-electron chi connectivity index (χ1n) is 8.74. The maximum atomic E-state index is 10.8. The Morgan fingerprint density at radius 1 is 1.22 bits per heavy atom. The molecular formula is C18H22ClN3O4S. The van der Waals surface area contributed by atoms with E-state index in [1.807, 2.05) is 6.07 Å². The van der Waals surface area contributed by atoms with E-state index in [1.165, 1.54) is 17.0 Å². The monoisotopic (exact) mass is 411 g/mol. The van der Waals surface area contributed by atoms with Gasteiger partial charge in [-0.1, -0.05) is 17.7 Å². The number of nitro groups is 1. The van der Waals surface area contributed by atoms with Gasteiger partial charge in [-0.3, -0.25) is 19.9 Å². The van der Waals surface area contributed by atoms with E-state index in [0.29, 0.717) is 12.3 Å². The molecule has 1 fully saturated rings. The number of non-ortho nitro benzene ring substituents is 1. The Morgan fingerprint density at radius 3 is 2.63 bits per heavy atom. The summed E-state index contributed by atoms with van der Waals surface area (Å²) in [5.74, 6) is 0.391. The molecule has 1 aromatic heterocycles. The van der Waals surface area contributed by atoms with Gasteiger partial charge in [-0.15, -0.1) is 11.3 Å². The Bertz CT molecular complexity index is 765. The normalized spacial score (nSPS) is 17.0. The number of nitro benzene ring substituents is 1. The number of piperazine rings is 1. The van der Waals surface area contributed by atoms with Crippen molar-refractivity contribution in [2.75, 3.05) is 39.3 Å². The van der Waals surface area contributed by atoms with E-state index in [-0.39, 0.29) is 12.3 Å². The summed E-state index contributed by atoms with van der Waals surface area (Å²) in [7, 11) is 0. The number of β-amino-alcohol motifs (C(OH)–C–C–N with tert-alkyl or cyclic N) is 1. The smallest absolute Gasteiger partial charge is 0.273 e. The Hall–Kier alpha value is -1.71. The predicted octanol–water partition coefficient (Wildman–Crippen LogP) is 2.87. The second-order valence-electron chi connectivity index (χ2n) is 6.50. The molecule has 146 valence electrons. The van der Waals surface area contributed by atoms with Gasteiger partial charge in [0, 0.05) is 50.2 Å². The van der Waals surface area contributed by atoms with Crippen molar-refractivity contribution < 1.29 is 14.8 Å². The van der Waals surface area contributed by atoms with Crippen LogP contribution in [0.3, 0.4) is 0 Å². The molecule has 1 aliphatic rings. The molecule has 1 atom stereocenters. The topological polar surface area (TPSA) is 79.1 Å². The summed E-state index contributed by atoms with van der Waals surface area (Å²) in [4.78, 5) is 16.2. The lowest BCUT2D eigenvalue weighted by Gasteiger charge is -2.35. The van der Waals surface area contributed by atoms with E-state index in [4.69, 9.17) is 16.3 Å². The molecule has 0 amide bonds. The summed E-state index contributed by atoms with van der Waals surface area (Å²) in [6.07, 6.45) is -0.646. The molecule has 1 saturated heterocycles. The molecule has 1 aromatic carbocycles. The van der Waals surface area contributed by atoms with Crippen molar-refractivity contribution >= 4 is 28.6 Å². The fourth-order valence-electron chi connectivity index (χ4n) is 3.02. The summed E-state index contributed by atoms with van der Waals surface area (Å²) in [5, 5.41) is 21.0. The fraction of sp³-hybridized carbons (Fsp3) is 0.444. The summed E-state index contributed by atoms with van der Waals surface area (Å²) >= 11 is 7.59. The number of nitrogens with zero attached hydrogens (tertiary/aromatic N) is 3. The standard InChI is InChI=1S/C18H22ClN3O4S/c19-18-5-4-17(27-18)12-21-8-6-20(7-9-21)11-15(23)13-26-16-3-1-2-14(10-16)22(24)25/h1-5,10,15,23H,6-9,11-13H2/t15-/m1/s1. The first-order chi connectivity index (χ1) is 13.0. The van der Waals surface area contributed by atoms with Crippen LogP contribution >= 0.6 is 22.9 Å². The van der Waals surface area contributed by atoms with Gasteiger partial charge in [0.2, 0.25) is 0 Å². The SMILES string of the molecule is O=[N+]([O-])c1cccc(OC[C@H](O)CN2CCN(Cc3ccc(Cl)s3)CC2)c1. The van der Waals surface area contributed by atoms with Crippen LogP contribution in [0.5, 0.6) is 5.75 Å². The van der Waals surface area contributed by atoms with Gasteiger partial charge in [-0.2, -0.15) is 0 Å². The van der Waals surface area contributed by atoms with Crippen LogP contribution in [-0.4, -0.2) is 65.3 Å². The zero-order valence-corrected chi connectivity index (χ0v) is 16.4. The summed E-state index contributed by atoms with van der Waals surface area (Å²) < 4.78 is 6.32. The lowest BCUT2D eigenvalue weighted by atomic mass is 10.2. The van der Waals surface area contributed by atoms with E-state index in [0.717, 1.165) is 37.1 Å². The van der Waals surface area contributed by atoms with Gasteiger partial charge in [0.05, 0.1) is 15.3 Å². The number of hydrogen-bond acceptors (Lipinski definition) is 7. The average molecular weight is 412 g/mol. The number of aliphatic hydroxyl groups is 1. The predicted molar refractivity (Wildman–Crippen MR) is 106 cm³/mol. The number of thiophene rings is 1. The highest BCUT2D eigenvalue weighted by atomic mass is 35.5. The van der Waals surface area contributed by atoms with Crippen molar-refractivity contribution in [3.05, 3.63) is 55.7 Å². The van der Waals surface area contributed by atoms with Crippen LogP contribution in [-0.2, 0) is 6.54 Å². The lowest BCUT2D eigenvalue weighted by molar-refractivity contribution is -0.384. The van der Waals surface area contributed by atoms with Gasteiger partial charge in [0.25, 0.3) is 5.69 Å². The molecule has 0 bridgehead atoms. The largest absolute Gasteiger partial charge is 0.491 e. The first-order valence-corrected chi connectivity index (χ1v) is 9.93. The molecule has 7 nitrogen and oxygen atoms in total. The molecule has 1 aliphatic heterocycles. The molecule has 0 unspecified atom stereocenters. The molecule has 0 aliphatic carbocycles. The minimum Gasteiger partial charge on any atom is -0.491 e. The number of ether oxygens (including phenoxy) is 1. The van der Waals surface area contributed by atoms with E-state index < -0.39 is 11.0 Å². The third-order valence-electron chi connectivity index (χ3n) is 4.41. The number of rotatable bonds is 8. The van der Waals surface area contributed by atoms with Gasteiger partial charge in [-0.25, -0.2) is 0 Å². The minimum absolute atomic E-state index is 0.0230. The Labute approximate surface area is 166 Å². The van der Waals surface area contributed by atoms with Crippen LogP contribution in [0.25, 0.3) is 0 Å². The van der Waals surface area contributed by atoms with Gasteiger partial charge < -0.3 is 9.84 Å². The molecule has 1 N–H and O–H groups in total. The summed E-state index contributed by atoms with van der Waals surface area (Å²) in [6.45, 7) is 5.17. The van der Waals surface area contributed by atoms with E-state index in [1.54, 1.807) is 23.5 Å². The van der Waals surface area contributed by atoms with Gasteiger partial charge in [0.1, 0.15) is 18.5 Å². The summed E-state index contributed by atoms with van der Waals surface area (Å²) in [5.41, 5.74) is -0.0230. The van der Waals surface area contributed by atoms with Gasteiger partial charge >= 0.3 is 0 Å². The maximum Gasteiger partial charge on any atom is 0.273 e. The Kier molecular flexibility index (Phi) is 7.03. The molecule has 3 rings (SSSR count). The molecule has 27 heavy (non-hydrogen) atoms. The second-order valence-corrected chi connectivity index (χ2v) is 8.30. The quantitative estimate of drug-likeness (QED) is 0.531. The summed E-state index contributed by atoms with van der Waals surface area (Å²) in [6, 6.07) is 9.98. The molecular weight excluding hydrogens is 390 g/mol. The molecule has 9 heteroatoms. The van der Waals surface area contributed by atoms with E-state index in [9.17, 15) is 15.2 Å². The molecule has 2 aromatic rings. The second kappa shape index (κ2) is 9.48. The average Bonchev–Trinajstić information content (AvgIpc) is 3.06. The number of aliphatic hydroxyl groups excluding tert-OH is 1. The highest BCUT2D eigenvalue weighted by Crippen LogP contribution is 2.23. The van der Waals surface area contributed by atoms with Gasteiger partial charge in [0.15, 0.2) is 0 Å². The van der Waals surface area contributed by atoms with Crippen LogP contribution < -0.4 is 4.74 Å². The van der Waals surface area contributed by atoms with Crippen LogP contribution in [0.15, 0.2) is 36.4 Å². The molecule has 0 spiro atoms. The van der Waals surface area contributed by atoms with E-state index >= 15 is 0 Å². The van der Waals surface area contributed by atoms with Crippen molar-refractivity contribution in [3.63, 3.8) is 0 Å². The van der Waals surface area contributed by atoms with Crippen molar-refractivity contribution in [2.45, 2.75) is 12.6 Å². The zero-order valence-electron chi connectivity index (χ0n) is 14.8. The number of hydrogen-bond donors (Lipinski definition) is 1. The van der Waals surface area contributed by atoms with Crippen LogP contribution in [0.2, 0.25) is 4.34 Å². The van der Waals surface area contributed by atoms with Gasteiger partial charge in [-0.05, 0) is 18.2 Å². The Morgan fingerprint density at radius 2 is 1.96 bits per heavy atom. The molecule has 0 radical (unpaired) electrons. The number of benzene rings is 1. The van der Waals surface area contributed by atoms with Crippen molar-refractivity contribution in [1.82, 2.24) is 9.80 Å². The van der Waals surface area contributed by atoms with Crippen LogP contribution in [0.1, 0.15) is 4.88 Å². The van der Waals surface area contributed by atoms with Crippen LogP contribution in [0.4, 0.5) is 5.69 Å². The molecule has 2 heterocycles.